The number of nitrogens with zero attached hydrogens (tertiary/aromatic N) is 1. The summed E-state index contributed by atoms with van der Waals surface area (Å²) in [4.78, 5) is 16.5. The molecule has 3 rings (SSSR count). The Labute approximate surface area is 172 Å². The number of carbonyl (C=O) groups is 1. The molecule has 144 valence electrons. The first-order chi connectivity index (χ1) is 13.2. The van der Waals surface area contributed by atoms with Crippen molar-refractivity contribution in [2.45, 2.75) is 11.4 Å². The van der Waals surface area contributed by atoms with Gasteiger partial charge in [-0.3, -0.25) is 9.78 Å². The van der Waals surface area contributed by atoms with Gasteiger partial charge in [0.1, 0.15) is 0 Å². The van der Waals surface area contributed by atoms with Gasteiger partial charge >= 0.3 is 0 Å². The average molecular weight is 436 g/mol. The van der Waals surface area contributed by atoms with E-state index in [2.05, 4.69) is 10.3 Å². The molecule has 0 bridgehead atoms. The molecule has 9 heteroatoms. The van der Waals surface area contributed by atoms with E-state index in [0.29, 0.717) is 16.1 Å². The summed E-state index contributed by atoms with van der Waals surface area (Å²) in [6.45, 7) is 0.119. The van der Waals surface area contributed by atoms with Crippen LogP contribution in [-0.4, -0.2) is 19.3 Å². The molecule has 6 nitrogen and oxygen atoms in total. The summed E-state index contributed by atoms with van der Waals surface area (Å²) in [6, 6.07) is 13.0. The molecule has 0 fully saturated rings. The quantitative estimate of drug-likeness (QED) is 0.638. The third kappa shape index (κ3) is 4.88. The van der Waals surface area contributed by atoms with E-state index in [9.17, 15) is 13.2 Å². The lowest BCUT2D eigenvalue weighted by molar-refractivity contribution is 0.0950. The van der Waals surface area contributed by atoms with Gasteiger partial charge in [-0.15, -0.1) is 0 Å². The third-order valence-corrected chi connectivity index (χ3v) is 5.49. The molecular formula is C19H15Cl2N3O3S. The highest BCUT2D eigenvalue weighted by Gasteiger charge is 2.12. The van der Waals surface area contributed by atoms with Gasteiger partial charge in [-0.25, -0.2) is 13.6 Å². The molecule has 0 atom stereocenters. The standard InChI is InChI=1S/C19H15Cl2N3O3S/c20-16-4-1-12(2-5-16)14-7-15(10-23-9-14)19(25)24-11-13-3-6-17(8-18(13)21)28(22,26)27/h1-10H,11H2,(H,24,25)(H2,22,26,27). The minimum Gasteiger partial charge on any atom is -0.348 e. The van der Waals surface area contributed by atoms with Gasteiger partial charge in [0.2, 0.25) is 10.0 Å². The van der Waals surface area contributed by atoms with Crippen LogP contribution in [0.5, 0.6) is 0 Å². The third-order valence-electron chi connectivity index (χ3n) is 3.97. The van der Waals surface area contributed by atoms with Crippen LogP contribution in [0.25, 0.3) is 11.1 Å². The average Bonchev–Trinajstić information content (AvgIpc) is 2.66. The fourth-order valence-corrected chi connectivity index (χ4v) is 3.47. The Kier molecular flexibility index (Phi) is 6.00. The molecule has 0 aliphatic rings. The summed E-state index contributed by atoms with van der Waals surface area (Å²) in [5.41, 5.74) is 2.60. The maximum Gasteiger partial charge on any atom is 0.253 e. The SMILES string of the molecule is NS(=O)(=O)c1ccc(CNC(=O)c2cncc(-c3ccc(Cl)cc3)c2)c(Cl)c1. The molecule has 2 aromatic carbocycles. The molecule has 0 saturated heterocycles. The van der Waals surface area contributed by atoms with Crippen LogP contribution in [0.1, 0.15) is 15.9 Å². The molecule has 0 spiro atoms. The molecule has 3 aromatic rings. The lowest BCUT2D eigenvalue weighted by Gasteiger charge is -2.09. The number of nitrogens with two attached hydrogens (primary N) is 1. The number of halogens is 2. The predicted molar refractivity (Wildman–Crippen MR) is 109 cm³/mol. The molecular weight excluding hydrogens is 421 g/mol. The second-order valence-electron chi connectivity index (χ2n) is 5.95. The van der Waals surface area contributed by atoms with Crippen molar-refractivity contribution in [1.82, 2.24) is 10.3 Å². The van der Waals surface area contributed by atoms with Crippen LogP contribution in [0.15, 0.2) is 65.8 Å². The number of nitrogens with one attached hydrogen (secondary N) is 1. The smallest absolute Gasteiger partial charge is 0.253 e. The summed E-state index contributed by atoms with van der Waals surface area (Å²) < 4.78 is 22.7. The van der Waals surface area contributed by atoms with Gasteiger partial charge in [-0.1, -0.05) is 41.4 Å². The van der Waals surface area contributed by atoms with Crippen LogP contribution in [0.2, 0.25) is 10.0 Å². The largest absolute Gasteiger partial charge is 0.348 e. The fraction of sp³-hybridized carbons (Fsp3) is 0.0526. The Balaban J connectivity index is 1.74. The minimum absolute atomic E-state index is 0.0903. The second kappa shape index (κ2) is 8.28. The Bertz CT molecular complexity index is 1130. The first-order valence-corrected chi connectivity index (χ1v) is 10.3. The van der Waals surface area contributed by atoms with Crippen LogP contribution in [0.4, 0.5) is 0 Å². The van der Waals surface area contributed by atoms with Crippen molar-refractivity contribution in [1.29, 1.82) is 0 Å². The van der Waals surface area contributed by atoms with E-state index >= 15 is 0 Å². The highest BCUT2D eigenvalue weighted by molar-refractivity contribution is 7.89. The molecule has 1 heterocycles. The molecule has 0 aliphatic carbocycles. The van der Waals surface area contributed by atoms with Gasteiger partial charge in [-0.05, 0) is 41.5 Å². The molecule has 3 N–H and O–H groups in total. The van der Waals surface area contributed by atoms with Crippen molar-refractivity contribution in [3.05, 3.63) is 82.1 Å². The van der Waals surface area contributed by atoms with E-state index in [1.165, 1.54) is 24.4 Å². The van der Waals surface area contributed by atoms with Crippen molar-refractivity contribution in [2.24, 2.45) is 5.14 Å². The van der Waals surface area contributed by atoms with E-state index in [1.54, 1.807) is 24.4 Å². The molecule has 28 heavy (non-hydrogen) atoms. The van der Waals surface area contributed by atoms with Crippen LogP contribution in [0, 0.1) is 0 Å². The number of benzene rings is 2. The predicted octanol–water partition coefficient (Wildman–Crippen LogP) is 3.63. The minimum atomic E-state index is -3.84. The van der Waals surface area contributed by atoms with E-state index in [1.807, 2.05) is 12.1 Å². The zero-order chi connectivity index (χ0) is 20.3. The molecule has 1 aromatic heterocycles. The highest BCUT2D eigenvalue weighted by atomic mass is 35.5. The van der Waals surface area contributed by atoms with Crippen LogP contribution in [-0.2, 0) is 16.6 Å². The van der Waals surface area contributed by atoms with Gasteiger partial charge in [0.15, 0.2) is 0 Å². The van der Waals surface area contributed by atoms with Crippen LogP contribution < -0.4 is 10.5 Å². The number of sulfonamides is 1. The van der Waals surface area contributed by atoms with Crippen LogP contribution in [0.3, 0.4) is 0 Å². The van der Waals surface area contributed by atoms with E-state index < -0.39 is 10.0 Å². The number of aromatic nitrogens is 1. The van der Waals surface area contributed by atoms with Gasteiger partial charge in [0.25, 0.3) is 5.91 Å². The topological polar surface area (TPSA) is 102 Å². The Morgan fingerprint density at radius 3 is 2.36 bits per heavy atom. The lowest BCUT2D eigenvalue weighted by atomic mass is 10.1. The Morgan fingerprint density at radius 1 is 1.00 bits per heavy atom. The van der Waals surface area contributed by atoms with Gasteiger partial charge in [0.05, 0.1) is 10.5 Å². The summed E-state index contributed by atoms with van der Waals surface area (Å²) in [5.74, 6) is -0.338. The number of hydrogen-bond donors (Lipinski definition) is 2. The molecule has 0 saturated carbocycles. The maximum absolute atomic E-state index is 12.5. The Hall–Kier alpha value is -2.45. The molecule has 0 radical (unpaired) electrons. The molecule has 0 unspecified atom stereocenters. The zero-order valence-corrected chi connectivity index (χ0v) is 16.7. The fourth-order valence-electron chi connectivity index (χ4n) is 2.49. The summed E-state index contributed by atoms with van der Waals surface area (Å²) in [7, 11) is -3.84. The molecule has 1 amide bonds. The first-order valence-electron chi connectivity index (χ1n) is 8.04. The van der Waals surface area contributed by atoms with Crippen LogP contribution >= 0.6 is 23.2 Å². The van der Waals surface area contributed by atoms with Gasteiger partial charge in [0, 0.05) is 34.5 Å². The number of primary sulfonamides is 1. The second-order valence-corrected chi connectivity index (χ2v) is 8.36. The van der Waals surface area contributed by atoms with Crippen molar-refractivity contribution in [3.8, 4) is 11.1 Å². The summed E-state index contributed by atoms with van der Waals surface area (Å²) >= 11 is 12.0. The van der Waals surface area contributed by atoms with Crippen molar-refractivity contribution >= 4 is 39.1 Å². The van der Waals surface area contributed by atoms with E-state index in [-0.39, 0.29) is 22.4 Å². The Morgan fingerprint density at radius 2 is 1.71 bits per heavy atom. The number of amides is 1. The monoisotopic (exact) mass is 435 g/mol. The van der Waals surface area contributed by atoms with Gasteiger partial charge in [-0.2, -0.15) is 0 Å². The number of pyridine rings is 1. The summed E-state index contributed by atoms with van der Waals surface area (Å²) in [5, 5.41) is 8.63. The zero-order valence-electron chi connectivity index (χ0n) is 14.4. The maximum atomic E-state index is 12.5. The van der Waals surface area contributed by atoms with Crippen molar-refractivity contribution in [3.63, 3.8) is 0 Å². The number of carbonyl (C=O) groups excluding carboxylic acids is 1. The van der Waals surface area contributed by atoms with E-state index in [0.717, 1.165) is 11.1 Å². The first kappa shape index (κ1) is 20.3. The van der Waals surface area contributed by atoms with E-state index in [4.69, 9.17) is 28.3 Å². The normalized spacial score (nSPS) is 11.2. The van der Waals surface area contributed by atoms with Crippen molar-refractivity contribution in [2.75, 3.05) is 0 Å². The number of rotatable bonds is 5. The highest BCUT2D eigenvalue weighted by Crippen LogP contribution is 2.22. The van der Waals surface area contributed by atoms with Gasteiger partial charge < -0.3 is 5.32 Å². The van der Waals surface area contributed by atoms with Crippen molar-refractivity contribution < 1.29 is 13.2 Å². The lowest BCUT2D eigenvalue weighted by Crippen LogP contribution is -2.23. The molecule has 0 aliphatic heterocycles. The number of hydrogen-bond acceptors (Lipinski definition) is 4. The summed E-state index contributed by atoms with van der Waals surface area (Å²) in [6.07, 6.45) is 3.11.